The Morgan fingerprint density at radius 3 is 1.97 bits per heavy atom. The first-order valence-electron chi connectivity index (χ1n) is 20.5. The highest BCUT2D eigenvalue weighted by Gasteiger charge is 2.20. The molecule has 0 N–H and O–H groups in total. The maximum absolute atomic E-state index is 6.71. The van der Waals surface area contributed by atoms with Gasteiger partial charge in [0.05, 0.1) is 21.3 Å². The third kappa shape index (κ3) is 5.77. The van der Waals surface area contributed by atoms with Gasteiger partial charge in [-0.25, -0.2) is 4.98 Å². The van der Waals surface area contributed by atoms with Crippen molar-refractivity contribution in [3.05, 3.63) is 200 Å². The predicted octanol–water partition coefficient (Wildman–Crippen LogP) is 16.0. The number of fused-ring (bicyclic) bond motifs is 7. The molecule has 4 nitrogen and oxygen atoms in total. The number of thiazole rings is 1. The molecule has 0 amide bonds. The van der Waals surface area contributed by atoms with Crippen molar-refractivity contribution in [1.29, 1.82) is 0 Å². The summed E-state index contributed by atoms with van der Waals surface area (Å²) in [5.74, 6) is 0. The molecule has 8 aromatic carbocycles. The number of benzene rings is 8. The monoisotopic (exact) mass is 787 g/mol. The Morgan fingerprint density at radius 2 is 1.20 bits per heavy atom. The number of hydrogen-bond acceptors (Lipinski definition) is 4. The van der Waals surface area contributed by atoms with Gasteiger partial charge in [-0.2, -0.15) is 0 Å². The van der Waals surface area contributed by atoms with E-state index in [9.17, 15) is 0 Å². The number of anilines is 3. The van der Waals surface area contributed by atoms with E-state index in [-0.39, 0.29) is 0 Å². The zero-order valence-electron chi connectivity index (χ0n) is 32.6. The quantitative estimate of drug-likeness (QED) is 0.161. The number of nitrogens with zero attached hydrogens (tertiary/aromatic N) is 3. The molecule has 0 spiro atoms. The Labute approximate surface area is 351 Å². The number of para-hydroxylation sites is 2. The fraction of sp³-hybridized carbons (Fsp3) is 0.0364. The van der Waals surface area contributed by atoms with Gasteiger partial charge in [0.25, 0.3) is 0 Å². The zero-order chi connectivity index (χ0) is 39.6. The van der Waals surface area contributed by atoms with E-state index < -0.39 is 0 Å². The average molecular weight is 788 g/mol. The third-order valence-corrected chi connectivity index (χ3v) is 13.0. The van der Waals surface area contributed by atoms with Gasteiger partial charge in [0.2, 0.25) is 0 Å². The molecule has 0 saturated heterocycles. The van der Waals surface area contributed by atoms with Crippen molar-refractivity contribution in [3.8, 4) is 32.8 Å². The van der Waals surface area contributed by atoms with Crippen molar-refractivity contribution < 1.29 is 4.42 Å². The lowest BCUT2D eigenvalue weighted by molar-refractivity contribution is 0.670. The van der Waals surface area contributed by atoms with Crippen molar-refractivity contribution in [1.82, 2.24) is 9.55 Å². The van der Waals surface area contributed by atoms with E-state index in [4.69, 9.17) is 9.40 Å². The number of allylic oxidation sites excluding steroid dienone is 4. The van der Waals surface area contributed by atoms with E-state index in [0.29, 0.717) is 0 Å². The summed E-state index contributed by atoms with van der Waals surface area (Å²) in [5.41, 5.74) is 15.5. The molecule has 5 heteroatoms. The minimum Gasteiger partial charge on any atom is -0.455 e. The van der Waals surface area contributed by atoms with Gasteiger partial charge in [0.15, 0.2) is 0 Å². The van der Waals surface area contributed by atoms with Crippen LogP contribution in [-0.4, -0.2) is 9.55 Å². The molecule has 1 aliphatic rings. The van der Waals surface area contributed by atoms with Crippen LogP contribution < -0.4 is 4.90 Å². The summed E-state index contributed by atoms with van der Waals surface area (Å²) >= 11 is 1.70. The second-order valence-corrected chi connectivity index (χ2v) is 16.5. The van der Waals surface area contributed by atoms with Crippen LogP contribution in [0.4, 0.5) is 17.1 Å². The van der Waals surface area contributed by atoms with E-state index in [1.807, 2.05) is 6.07 Å². The minimum atomic E-state index is 0.878. The Balaban J connectivity index is 0.962. The average Bonchev–Trinajstić information content (AvgIpc) is 4.01. The predicted molar refractivity (Wildman–Crippen MR) is 254 cm³/mol. The fourth-order valence-electron chi connectivity index (χ4n) is 9.01. The van der Waals surface area contributed by atoms with Crippen LogP contribution in [0, 0.1) is 0 Å². The smallest absolute Gasteiger partial charge is 0.143 e. The lowest BCUT2D eigenvalue weighted by Gasteiger charge is -2.26. The molecule has 0 fully saturated rings. The summed E-state index contributed by atoms with van der Waals surface area (Å²) in [6.45, 7) is 0. The first-order valence-corrected chi connectivity index (χ1v) is 21.3. The molecular formula is C55H37N3OS. The summed E-state index contributed by atoms with van der Waals surface area (Å²) in [5, 5.41) is 5.69. The maximum Gasteiger partial charge on any atom is 0.143 e. The summed E-state index contributed by atoms with van der Waals surface area (Å²) in [4.78, 5) is 7.39. The second-order valence-electron chi connectivity index (χ2n) is 15.5. The van der Waals surface area contributed by atoms with E-state index in [0.717, 1.165) is 83.8 Å². The summed E-state index contributed by atoms with van der Waals surface area (Å²) in [6, 6.07) is 65.3. The largest absolute Gasteiger partial charge is 0.455 e. The normalized spacial score (nSPS) is 12.9. The number of aromatic nitrogens is 2. The second kappa shape index (κ2) is 14.1. The highest BCUT2D eigenvalue weighted by Crippen LogP contribution is 2.43. The molecule has 1 aliphatic carbocycles. The van der Waals surface area contributed by atoms with Crippen molar-refractivity contribution in [3.63, 3.8) is 0 Å². The van der Waals surface area contributed by atoms with Crippen LogP contribution in [0.3, 0.4) is 0 Å². The lowest BCUT2D eigenvalue weighted by Crippen LogP contribution is -2.10. The highest BCUT2D eigenvalue weighted by molar-refractivity contribution is 7.21. The molecular weight excluding hydrogens is 751 g/mol. The topological polar surface area (TPSA) is 34.2 Å². The van der Waals surface area contributed by atoms with Gasteiger partial charge < -0.3 is 13.9 Å². The molecule has 0 radical (unpaired) electrons. The molecule has 3 aromatic heterocycles. The van der Waals surface area contributed by atoms with Crippen LogP contribution in [0.25, 0.3) is 92.5 Å². The van der Waals surface area contributed by atoms with Gasteiger partial charge in [0.1, 0.15) is 16.2 Å². The molecule has 0 aliphatic heterocycles. The Kier molecular flexibility index (Phi) is 8.13. The van der Waals surface area contributed by atoms with Gasteiger partial charge in [-0.05, 0) is 90.2 Å². The fourth-order valence-corrected chi connectivity index (χ4v) is 9.99. The molecule has 11 aromatic rings. The Bertz CT molecular complexity index is 3460. The molecule has 3 heterocycles. The van der Waals surface area contributed by atoms with E-state index >= 15 is 0 Å². The van der Waals surface area contributed by atoms with Crippen LogP contribution >= 0.6 is 11.3 Å². The van der Waals surface area contributed by atoms with Gasteiger partial charge in [-0.1, -0.05) is 133 Å². The van der Waals surface area contributed by atoms with Crippen molar-refractivity contribution in [2.24, 2.45) is 0 Å². The Morgan fingerprint density at radius 1 is 0.533 bits per heavy atom. The number of hydrogen-bond donors (Lipinski definition) is 0. The van der Waals surface area contributed by atoms with Crippen LogP contribution in [0.5, 0.6) is 0 Å². The Hall–Kier alpha value is -7.47. The van der Waals surface area contributed by atoms with Crippen LogP contribution in [-0.2, 0) is 0 Å². The van der Waals surface area contributed by atoms with Gasteiger partial charge in [-0.15, -0.1) is 11.3 Å². The summed E-state index contributed by atoms with van der Waals surface area (Å²) < 4.78 is 10.3. The maximum atomic E-state index is 6.71. The number of rotatable bonds is 7. The molecule has 0 saturated carbocycles. The van der Waals surface area contributed by atoms with E-state index in [1.54, 1.807) is 11.3 Å². The highest BCUT2D eigenvalue weighted by atomic mass is 32.1. The lowest BCUT2D eigenvalue weighted by atomic mass is 10.0. The summed E-state index contributed by atoms with van der Waals surface area (Å²) in [6.07, 6.45) is 8.77. The van der Waals surface area contributed by atoms with Gasteiger partial charge in [0, 0.05) is 61.5 Å². The van der Waals surface area contributed by atoms with Crippen LogP contribution in [0.15, 0.2) is 205 Å². The molecule has 60 heavy (non-hydrogen) atoms. The van der Waals surface area contributed by atoms with Crippen molar-refractivity contribution in [2.45, 2.75) is 12.8 Å². The minimum absolute atomic E-state index is 0.878. The third-order valence-electron chi connectivity index (χ3n) is 11.9. The number of furan rings is 1. The standard InChI is InChI=1S/C55H37N3OS/c1-4-13-36(14-5-1)37-23-27-41(28-24-37)57(43-31-32-51-47(33-43)45-19-10-11-22-50(45)58(51)40-17-8-3-9-18-40)42-29-25-38(26-30-42)44-20-12-21-46-48-34-49-53(35-52(48)59-54(44)46)60-55(56-49)39-15-6-2-7-16-39/h1-8,10-17,19-35H,9,18H2. The molecule has 0 bridgehead atoms. The zero-order valence-corrected chi connectivity index (χ0v) is 33.4. The van der Waals surface area contributed by atoms with Gasteiger partial charge >= 0.3 is 0 Å². The SMILES string of the molecule is C1=CCCC(n2c3ccccc3c3cc(N(c4ccc(-c5ccccc5)cc4)c4ccc(-c5cccc6c5oc5cc7sc(-c8ccccc8)nc7cc56)cc4)ccc32)=C1. The first kappa shape index (κ1) is 34.6. The van der Waals surface area contributed by atoms with Crippen LogP contribution in [0.2, 0.25) is 0 Å². The molecule has 284 valence electrons. The van der Waals surface area contributed by atoms with Gasteiger partial charge in [-0.3, -0.25) is 0 Å². The van der Waals surface area contributed by atoms with Crippen LogP contribution in [0.1, 0.15) is 12.8 Å². The first-order chi connectivity index (χ1) is 29.7. The van der Waals surface area contributed by atoms with Crippen molar-refractivity contribution in [2.75, 3.05) is 4.90 Å². The molecule has 0 unspecified atom stereocenters. The van der Waals surface area contributed by atoms with E-state index in [2.05, 4.69) is 204 Å². The van der Waals surface area contributed by atoms with Crippen molar-refractivity contribution >= 4 is 88.1 Å². The van der Waals surface area contributed by atoms with E-state index in [1.165, 1.54) is 38.6 Å². The summed E-state index contributed by atoms with van der Waals surface area (Å²) in [7, 11) is 0. The molecule has 12 rings (SSSR count). The molecule has 0 atom stereocenters.